The molecule has 0 fully saturated rings. The molecule has 0 atom stereocenters. The molecule has 5 nitrogen and oxygen atoms in total. The zero-order chi connectivity index (χ0) is 14.5. The van der Waals surface area contributed by atoms with Gasteiger partial charge in [-0.15, -0.1) is 0 Å². The number of aromatic carboxylic acids is 2. The molecule has 1 aromatic heterocycles. The van der Waals surface area contributed by atoms with Crippen molar-refractivity contribution in [2.45, 2.75) is 0 Å². The standard InChI is InChI=1S/C15H9NO4/c17-14(18)12-6-11(7-13(8-12)15(19)20)4-3-10-2-1-5-16-9-10/h1-2,5-9H,(H,17,18)(H,19,20). The third kappa shape index (κ3) is 3.21. The fourth-order valence-corrected chi connectivity index (χ4v) is 1.53. The van der Waals surface area contributed by atoms with Gasteiger partial charge in [-0.1, -0.05) is 11.8 Å². The van der Waals surface area contributed by atoms with Crippen LogP contribution in [-0.2, 0) is 0 Å². The van der Waals surface area contributed by atoms with Crippen LogP contribution in [0, 0.1) is 11.8 Å². The largest absolute Gasteiger partial charge is 0.478 e. The SMILES string of the molecule is O=C(O)c1cc(C#Cc2cccnc2)cc(C(=O)O)c1. The number of benzene rings is 1. The predicted molar refractivity (Wildman–Crippen MR) is 70.6 cm³/mol. The smallest absolute Gasteiger partial charge is 0.335 e. The van der Waals surface area contributed by atoms with Gasteiger partial charge in [0.2, 0.25) is 0 Å². The quantitative estimate of drug-likeness (QED) is 0.811. The first-order valence-electron chi connectivity index (χ1n) is 5.60. The molecule has 0 spiro atoms. The number of hydrogen-bond acceptors (Lipinski definition) is 3. The van der Waals surface area contributed by atoms with Gasteiger partial charge in [-0.05, 0) is 30.3 Å². The van der Waals surface area contributed by atoms with Crippen LogP contribution in [0.3, 0.4) is 0 Å². The minimum Gasteiger partial charge on any atom is -0.478 e. The van der Waals surface area contributed by atoms with Gasteiger partial charge in [-0.2, -0.15) is 0 Å². The maximum absolute atomic E-state index is 11.0. The molecule has 2 aromatic rings. The molecule has 0 unspecified atom stereocenters. The van der Waals surface area contributed by atoms with Crippen molar-refractivity contribution in [3.05, 3.63) is 65.0 Å². The minimum atomic E-state index is -1.20. The normalized spacial score (nSPS) is 9.40. The average Bonchev–Trinajstić information content (AvgIpc) is 2.45. The van der Waals surface area contributed by atoms with Gasteiger partial charge in [0, 0.05) is 23.5 Å². The highest BCUT2D eigenvalue weighted by atomic mass is 16.4. The molecule has 0 amide bonds. The number of rotatable bonds is 2. The Morgan fingerprint density at radius 2 is 1.55 bits per heavy atom. The van der Waals surface area contributed by atoms with Crippen LogP contribution in [0.4, 0.5) is 0 Å². The first-order valence-corrected chi connectivity index (χ1v) is 5.60. The maximum Gasteiger partial charge on any atom is 0.335 e. The number of hydrogen-bond donors (Lipinski definition) is 2. The molecular formula is C15H9NO4. The van der Waals surface area contributed by atoms with Gasteiger partial charge in [0.15, 0.2) is 0 Å². The Morgan fingerprint density at radius 3 is 2.05 bits per heavy atom. The molecule has 0 aliphatic rings. The summed E-state index contributed by atoms with van der Waals surface area (Å²) in [5.41, 5.74) is 0.761. The van der Waals surface area contributed by atoms with E-state index in [0.29, 0.717) is 11.1 Å². The van der Waals surface area contributed by atoms with Gasteiger partial charge < -0.3 is 10.2 Å². The number of aromatic nitrogens is 1. The van der Waals surface area contributed by atoms with Crippen molar-refractivity contribution in [1.29, 1.82) is 0 Å². The molecule has 0 radical (unpaired) electrons. The van der Waals surface area contributed by atoms with Crippen LogP contribution in [-0.4, -0.2) is 27.1 Å². The third-order valence-corrected chi connectivity index (χ3v) is 2.44. The molecule has 0 aliphatic carbocycles. The van der Waals surface area contributed by atoms with Crippen molar-refractivity contribution in [2.24, 2.45) is 0 Å². The molecule has 2 N–H and O–H groups in total. The van der Waals surface area contributed by atoms with Gasteiger partial charge in [0.1, 0.15) is 0 Å². The van der Waals surface area contributed by atoms with Crippen LogP contribution in [0.15, 0.2) is 42.7 Å². The van der Waals surface area contributed by atoms with Crippen molar-refractivity contribution in [2.75, 3.05) is 0 Å². The molecule has 0 saturated carbocycles. The summed E-state index contributed by atoms with van der Waals surface area (Å²) < 4.78 is 0. The number of carboxylic acids is 2. The van der Waals surface area contributed by atoms with E-state index in [1.54, 1.807) is 24.5 Å². The number of carboxylic acid groups (broad SMARTS) is 2. The summed E-state index contributed by atoms with van der Waals surface area (Å²) >= 11 is 0. The van der Waals surface area contributed by atoms with E-state index in [9.17, 15) is 9.59 Å². The van der Waals surface area contributed by atoms with Crippen molar-refractivity contribution in [1.82, 2.24) is 4.98 Å². The molecule has 5 heteroatoms. The Labute approximate surface area is 114 Å². The molecule has 98 valence electrons. The Bertz CT molecular complexity index is 694. The van der Waals surface area contributed by atoms with Gasteiger partial charge >= 0.3 is 11.9 Å². The van der Waals surface area contributed by atoms with Gasteiger partial charge in [0.05, 0.1) is 11.1 Å². The number of carbonyl (C=O) groups is 2. The summed E-state index contributed by atoms with van der Waals surface area (Å²) in [4.78, 5) is 25.8. The average molecular weight is 267 g/mol. The van der Waals surface area contributed by atoms with Crippen LogP contribution in [0.25, 0.3) is 0 Å². The van der Waals surface area contributed by atoms with E-state index in [0.717, 1.165) is 6.07 Å². The topological polar surface area (TPSA) is 87.5 Å². The molecule has 20 heavy (non-hydrogen) atoms. The second kappa shape index (κ2) is 5.67. The van der Waals surface area contributed by atoms with E-state index >= 15 is 0 Å². The minimum absolute atomic E-state index is 0.111. The van der Waals surface area contributed by atoms with Crippen LogP contribution in [0.5, 0.6) is 0 Å². The van der Waals surface area contributed by atoms with Crippen molar-refractivity contribution in [3.63, 3.8) is 0 Å². The lowest BCUT2D eigenvalue weighted by Crippen LogP contribution is -2.03. The fraction of sp³-hybridized carbons (Fsp3) is 0. The van der Waals surface area contributed by atoms with Crippen LogP contribution < -0.4 is 0 Å². The molecule has 1 aromatic carbocycles. The lowest BCUT2D eigenvalue weighted by atomic mass is 10.1. The van der Waals surface area contributed by atoms with Gasteiger partial charge in [-0.25, -0.2) is 9.59 Å². The van der Waals surface area contributed by atoms with Crippen molar-refractivity contribution in [3.8, 4) is 11.8 Å². The Hall–Kier alpha value is -3.13. The molecule has 2 rings (SSSR count). The monoisotopic (exact) mass is 267 g/mol. The summed E-state index contributed by atoms with van der Waals surface area (Å²) in [7, 11) is 0. The van der Waals surface area contributed by atoms with Crippen LogP contribution in [0.2, 0.25) is 0 Å². The zero-order valence-electron chi connectivity index (χ0n) is 10.2. The lowest BCUT2D eigenvalue weighted by Gasteiger charge is -1.99. The number of nitrogens with zero attached hydrogens (tertiary/aromatic N) is 1. The van der Waals surface area contributed by atoms with Crippen molar-refractivity contribution < 1.29 is 19.8 Å². The van der Waals surface area contributed by atoms with E-state index in [-0.39, 0.29) is 11.1 Å². The Balaban J connectivity index is 2.44. The van der Waals surface area contributed by atoms with Crippen LogP contribution in [0.1, 0.15) is 31.8 Å². The summed E-state index contributed by atoms with van der Waals surface area (Å²) in [5.74, 6) is 3.14. The van der Waals surface area contributed by atoms with E-state index in [1.807, 2.05) is 0 Å². The van der Waals surface area contributed by atoms with E-state index in [2.05, 4.69) is 16.8 Å². The maximum atomic E-state index is 11.0. The van der Waals surface area contributed by atoms with Gasteiger partial charge in [-0.3, -0.25) is 4.98 Å². The molecular weight excluding hydrogens is 258 g/mol. The highest BCUT2D eigenvalue weighted by Gasteiger charge is 2.10. The Kier molecular flexibility index (Phi) is 3.77. The second-order valence-electron chi connectivity index (χ2n) is 3.90. The predicted octanol–water partition coefficient (Wildman–Crippen LogP) is 1.88. The van der Waals surface area contributed by atoms with E-state index in [1.165, 1.54) is 12.1 Å². The lowest BCUT2D eigenvalue weighted by molar-refractivity contribution is 0.0696. The third-order valence-electron chi connectivity index (χ3n) is 2.44. The molecule has 1 heterocycles. The second-order valence-corrected chi connectivity index (χ2v) is 3.90. The first kappa shape index (κ1) is 13.3. The molecule has 0 saturated heterocycles. The zero-order valence-corrected chi connectivity index (χ0v) is 10.2. The summed E-state index contributed by atoms with van der Waals surface area (Å²) in [6.07, 6.45) is 3.17. The Morgan fingerprint density at radius 1 is 0.950 bits per heavy atom. The number of pyridine rings is 1. The van der Waals surface area contributed by atoms with Crippen LogP contribution >= 0.6 is 0 Å². The molecule has 0 bridgehead atoms. The summed E-state index contributed by atoms with van der Waals surface area (Å²) in [6, 6.07) is 7.23. The summed E-state index contributed by atoms with van der Waals surface area (Å²) in [6.45, 7) is 0. The van der Waals surface area contributed by atoms with Gasteiger partial charge in [0.25, 0.3) is 0 Å². The van der Waals surface area contributed by atoms with E-state index in [4.69, 9.17) is 10.2 Å². The first-order chi connectivity index (χ1) is 9.56. The van der Waals surface area contributed by atoms with E-state index < -0.39 is 11.9 Å². The highest BCUT2D eigenvalue weighted by Crippen LogP contribution is 2.10. The fourth-order valence-electron chi connectivity index (χ4n) is 1.53. The highest BCUT2D eigenvalue weighted by molar-refractivity contribution is 5.94. The van der Waals surface area contributed by atoms with Crippen molar-refractivity contribution >= 4 is 11.9 Å². The molecule has 0 aliphatic heterocycles. The summed E-state index contributed by atoms with van der Waals surface area (Å²) in [5, 5.41) is 17.9.